The maximum absolute atomic E-state index is 13.4. The summed E-state index contributed by atoms with van der Waals surface area (Å²) in [6, 6.07) is -1.72. The molecule has 11 heteroatoms. The molecule has 7 N–H and O–H groups in total. The lowest BCUT2D eigenvalue weighted by atomic mass is 9.73. The van der Waals surface area contributed by atoms with E-state index in [1.165, 1.54) is 6.26 Å². The highest BCUT2D eigenvalue weighted by Gasteiger charge is 2.40. The Kier molecular flexibility index (Phi) is 10.2. The number of hydrogen-bond acceptors (Lipinski definition) is 6. The van der Waals surface area contributed by atoms with Gasteiger partial charge in [0.15, 0.2) is 11.7 Å². The first kappa shape index (κ1) is 28.6. The quantitative estimate of drug-likeness (QED) is 0.118. The summed E-state index contributed by atoms with van der Waals surface area (Å²) in [4.78, 5) is 45.9. The molecular formula is C25H38N6O5. The van der Waals surface area contributed by atoms with Crippen LogP contribution >= 0.6 is 0 Å². The van der Waals surface area contributed by atoms with Gasteiger partial charge in [0.05, 0.1) is 5.41 Å². The molecule has 1 aliphatic carbocycles. The zero-order valence-electron chi connectivity index (χ0n) is 21.4. The van der Waals surface area contributed by atoms with Gasteiger partial charge in [-0.3, -0.25) is 14.6 Å². The summed E-state index contributed by atoms with van der Waals surface area (Å²) < 4.78 is 5.60. The number of carboxylic acid groups (broad SMARTS) is 1. The predicted molar refractivity (Wildman–Crippen MR) is 136 cm³/mol. The molecule has 1 aliphatic rings. The summed E-state index contributed by atoms with van der Waals surface area (Å²) in [5, 5.41) is 15.0. The largest absolute Gasteiger partial charge is 0.480 e. The number of carbonyl (C=O) groups is 3. The van der Waals surface area contributed by atoms with E-state index in [2.05, 4.69) is 20.6 Å². The first-order valence-electron chi connectivity index (χ1n) is 12.2. The normalized spacial score (nSPS) is 16.7. The molecule has 0 bridgehead atoms. The van der Waals surface area contributed by atoms with Crippen LogP contribution in [0.15, 0.2) is 40.0 Å². The highest BCUT2D eigenvalue weighted by molar-refractivity contribution is 5.94. The van der Waals surface area contributed by atoms with Crippen molar-refractivity contribution in [1.29, 1.82) is 0 Å². The molecule has 0 spiro atoms. The summed E-state index contributed by atoms with van der Waals surface area (Å²) in [5.41, 5.74) is 9.68. The molecule has 0 saturated heterocycles. The van der Waals surface area contributed by atoms with Crippen molar-refractivity contribution >= 4 is 23.7 Å². The van der Waals surface area contributed by atoms with Crippen LogP contribution in [0, 0.1) is 17.3 Å². The van der Waals surface area contributed by atoms with Gasteiger partial charge in [0.25, 0.3) is 5.91 Å². The number of nitrogens with two attached hydrogens (primary N) is 2. The third kappa shape index (κ3) is 7.19. The molecule has 0 aliphatic heterocycles. The molecule has 0 saturated carbocycles. The smallest absolute Gasteiger partial charge is 0.326 e. The minimum Gasteiger partial charge on any atom is -0.480 e. The Morgan fingerprint density at radius 2 is 1.86 bits per heavy atom. The Bertz CT molecular complexity index is 996. The number of allylic oxidation sites excluding steroid dienone is 2. The second-order valence-corrected chi connectivity index (χ2v) is 9.35. The number of carbonyl (C=O) groups excluding carboxylic acids is 2. The van der Waals surface area contributed by atoms with Crippen LogP contribution in [0.2, 0.25) is 0 Å². The van der Waals surface area contributed by atoms with Crippen LogP contribution in [-0.2, 0) is 9.59 Å². The van der Waals surface area contributed by atoms with Crippen LogP contribution in [0.25, 0.3) is 0 Å². The Hall–Kier alpha value is -3.63. The number of oxazole rings is 1. The third-order valence-electron chi connectivity index (χ3n) is 6.48. The lowest BCUT2D eigenvalue weighted by Crippen LogP contribution is -2.45. The molecule has 36 heavy (non-hydrogen) atoms. The van der Waals surface area contributed by atoms with E-state index < -0.39 is 29.4 Å². The fourth-order valence-corrected chi connectivity index (χ4v) is 3.94. The number of aliphatic carboxylic acids is 1. The van der Waals surface area contributed by atoms with Crippen LogP contribution in [0.5, 0.6) is 0 Å². The van der Waals surface area contributed by atoms with Crippen LogP contribution in [0.1, 0.15) is 75.8 Å². The van der Waals surface area contributed by atoms with Crippen molar-refractivity contribution in [2.24, 2.45) is 33.7 Å². The molecular weight excluding hydrogens is 464 g/mol. The SMILES string of the molecule is CCC(C)C(NC(=O)C1(C(C)C)C=CCC=C1)c1nc(C(=O)N[C@@H](CCCN=C(N)N)C(=O)O)co1. The minimum absolute atomic E-state index is 0.0220. The van der Waals surface area contributed by atoms with Crippen LogP contribution < -0.4 is 22.1 Å². The molecule has 0 fully saturated rings. The van der Waals surface area contributed by atoms with Gasteiger partial charge in [0.2, 0.25) is 11.8 Å². The Morgan fingerprint density at radius 3 is 2.42 bits per heavy atom. The number of rotatable bonds is 13. The number of carboxylic acids is 1. The van der Waals surface area contributed by atoms with Crippen molar-refractivity contribution in [3.8, 4) is 0 Å². The molecule has 11 nitrogen and oxygen atoms in total. The number of aromatic nitrogens is 1. The maximum Gasteiger partial charge on any atom is 0.326 e. The molecule has 1 aromatic rings. The van der Waals surface area contributed by atoms with E-state index >= 15 is 0 Å². The standard InChI is InChI=1S/C25H38N6O5/c1-5-16(4)19(31-23(35)25(15(2)3)11-7-6-8-12-25)21-30-18(14-36-21)20(32)29-17(22(33)34)10-9-13-28-24(26)27/h7-8,11-12,14-17,19H,5-6,9-10,13H2,1-4H3,(H,29,32)(H,31,35)(H,33,34)(H4,26,27,28)/t16?,17-,19?/m0/s1. The fourth-order valence-electron chi connectivity index (χ4n) is 3.94. The van der Waals surface area contributed by atoms with Crippen molar-refractivity contribution < 1.29 is 23.9 Å². The van der Waals surface area contributed by atoms with E-state index in [1.54, 1.807) is 0 Å². The van der Waals surface area contributed by atoms with E-state index in [0.29, 0.717) is 6.42 Å². The summed E-state index contributed by atoms with van der Waals surface area (Å²) in [7, 11) is 0. The van der Waals surface area contributed by atoms with Gasteiger partial charge in [0.1, 0.15) is 18.3 Å². The molecule has 2 amide bonds. The average molecular weight is 503 g/mol. The van der Waals surface area contributed by atoms with Crippen LogP contribution in [-0.4, -0.2) is 46.4 Å². The molecule has 3 atom stereocenters. The van der Waals surface area contributed by atoms with Crippen molar-refractivity contribution in [1.82, 2.24) is 15.6 Å². The molecule has 198 valence electrons. The van der Waals surface area contributed by atoms with Crippen molar-refractivity contribution in [3.63, 3.8) is 0 Å². The maximum atomic E-state index is 13.4. The number of amides is 2. The molecule has 0 radical (unpaired) electrons. The van der Waals surface area contributed by atoms with Crippen molar-refractivity contribution in [2.45, 2.75) is 65.5 Å². The summed E-state index contributed by atoms with van der Waals surface area (Å²) in [6.07, 6.45) is 11.0. The van der Waals surface area contributed by atoms with E-state index in [1.807, 2.05) is 52.0 Å². The number of nitrogens with one attached hydrogen (secondary N) is 2. The lowest BCUT2D eigenvalue weighted by molar-refractivity contribution is -0.139. The number of aliphatic imine (C=N–C) groups is 1. The molecule has 1 heterocycles. The molecule has 0 aromatic carbocycles. The van der Waals surface area contributed by atoms with Crippen molar-refractivity contribution in [2.75, 3.05) is 6.54 Å². The monoisotopic (exact) mass is 502 g/mol. The number of hydrogen-bond donors (Lipinski definition) is 5. The van der Waals surface area contributed by atoms with Crippen molar-refractivity contribution in [3.05, 3.63) is 42.2 Å². The van der Waals surface area contributed by atoms with Gasteiger partial charge in [-0.25, -0.2) is 9.78 Å². The molecule has 1 aromatic heterocycles. The van der Waals surface area contributed by atoms with E-state index in [-0.39, 0.29) is 48.3 Å². The third-order valence-corrected chi connectivity index (χ3v) is 6.48. The molecule has 2 unspecified atom stereocenters. The second kappa shape index (κ2) is 12.9. The highest BCUT2D eigenvalue weighted by atomic mass is 16.4. The fraction of sp³-hybridized carbons (Fsp3) is 0.560. The van der Waals surface area contributed by atoms with Gasteiger partial charge in [-0.15, -0.1) is 0 Å². The summed E-state index contributed by atoms with van der Waals surface area (Å²) >= 11 is 0. The van der Waals surface area contributed by atoms with E-state index in [9.17, 15) is 19.5 Å². The first-order chi connectivity index (χ1) is 17.0. The predicted octanol–water partition coefficient (Wildman–Crippen LogP) is 2.27. The highest BCUT2D eigenvalue weighted by Crippen LogP contribution is 2.36. The van der Waals surface area contributed by atoms with Gasteiger partial charge in [-0.2, -0.15) is 0 Å². The summed E-state index contributed by atoms with van der Waals surface area (Å²) in [6.45, 7) is 8.16. The van der Waals surface area contributed by atoms with Gasteiger partial charge >= 0.3 is 5.97 Å². The topological polar surface area (TPSA) is 186 Å². The van der Waals surface area contributed by atoms with Crippen LogP contribution in [0.3, 0.4) is 0 Å². The van der Waals surface area contributed by atoms with Gasteiger partial charge < -0.3 is 31.6 Å². The van der Waals surface area contributed by atoms with E-state index in [4.69, 9.17) is 15.9 Å². The summed E-state index contributed by atoms with van der Waals surface area (Å²) in [5.74, 6) is -1.96. The zero-order chi connectivity index (χ0) is 26.9. The Labute approximate surface area is 211 Å². The Morgan fingerprint density at radius 1 is 1.19 bits per heavy atom. The van der Waals surface area contributed by atoms with E-state index in [0.717, 1.165) is 12.8 Å². The minimum atomic E-state index is -1.19. The second-order valence-electron chi connectivity index (χ2n) is 9.35. The lowest BCUT2D eigenvalue weighted by Gasteiger charge is -2.34. The average Bonchev–Trinajstić information content (AvgIpc) is 3.33. The van der Waals surface area contributed by atoms with Gasteiger partial charge in [-0.1, -0.05) is 58.4 Å². The first-order valence-corrected chi connectivity index (χ1v) is 12.2. The van der Waals surface area contributed by atoms with Crippen LogP contribution in [0.4, 0.5) is 0 Å². The van der Waals surface area contributed by atoms with Gasteiger partial charge in [0, 0.05) is 6.54 Å². The Balaban J connectivity index is 2.17. The number of nitrogens with zero attached hydrogens (tertiary/aromatic N) is 2. The zero-order valence-corrected chi connectivity index (χ0v) is 21.4. The molecule has 2 rings (SSSR count). The number of guanidine groups is 1. The van der Waals surface area contributed by atoms with Gasteiger partial charge in [-0.05, 0) is 31.1 Å².